The molecule has 0 saturated carbocycles. The lowest BCUT2D eigenvalue weighted by molar-refractivity contribution is 0.0606. The summed E-state index contributed by atoms with van der Waals surface area (Å²) in [5.74, 6) is -0.0133. The van der Waals surface area contributed by atoms with Gasteiger partial charge >= 0.3 is 0 Å². The first-order chi connectivity index (χ1) is 13.3. The van der Waals surface area contributed by atoms with Crippen molar-refractivity contribution in [3.05, 3.63) is 29.8 Å². The topological polar surface area (TPSA) is 64.2 Å². The van der Waals surface area contributed by atoms with E-state index in [2.05, 4.69) is 16.8 Å². The predicted octanol–water partition coefficient (Wildman–Crippen LogP) is 1.18. The van der Waals surface area contributed by atoms with E-state index in [4.69, 9.17) is 0 Å². The third-order valence-corrected chi connectivity index (χ3v) is 7.84. The maximum atomic E-state index is 13.0. The number of likely N-dealkylation sites (tertiary alicyclic amines) is 1. The zero-order valence-corrected chi connectivity index (χ0v) is 18.0. The molecule has 8 heteroatoms. The number of benzene rings is 1. The van der Waals surface area contributed by atoms with Crippen LogP contribution in [0.15, 0.2) is 29.2 Å². The summed E-state index contributed by atoms with van der Waals surface area (Å²) in [6, 6.07) is 6.71. The molecular formula is C20H32N4O3S. The molecular weight excluding hydrogens is 376 g/mol. The van der Waals surface area contributed by atoms with E-state index in [1.54, 1.807) is 24.3 Å². The van der Waals surface area contributed by atoms with Crippen molar-refractivity contribution in [1.29, 1.82) is 0 Å². The van der Waals surface area contributed by atoms with E-state index in [1.165, 1.54) is 4.31 Å². The van der Waals surface area contributed by atoms with E-state index < -0.39 is 10.0 Å². The van der Waals surface area contributed by atoms with Crippen LogP contribution in [-0.4, -0.2) is 99.3 Å². The van der Waals surface area contributed by atoms with Crippen LogP contribution in [-0.2, 0) is 10.0 Å². The first-order valence-corrected chi connectivity index (χ1v) is 11.5. The number of likely N-dealkylation sites (N-methyl/N-ethyl adjacent to an activating group) is 1. The lowest BCUT2D eigenvalue weighted by Crippen LogP contribution is -2.47. The van der Waals surface area contributed by atoms with Crippen LogP contribution in [0.3, 0.4) is 0 Å². The molecule has 2 heterocycles. The van der Waals surface area contributed by atoms with Crippen molar-refractivity contribution in [2.45, 2.75) is 30.7 Å². The number of hydrogen-bond acceptors (Lipinski definition) is 5. The largest absolute Gasteiger partial charge is 0.336 e. The van der Waals surface area contributed by atoms with Crippen LogP contribution in [0.25, 0.3) is 0 Å². The van der Waals surface area contributed by atoms with Gasteiger partial charge in [-0.1, -0.05) is 0 Å². The summed E-state index contributed by atoms with van der Waals surface area (Å²) in [6.07, 6.45) is 1.96. The molecule has 0 bridgehead atoms. The summed E-state index contributed by atoms with van der Waals surface area (Å²) in [6.45, 7) is 7.12. The summed E-state index contributed by atoms with van der Waals surface area (Å²) in [5.41, 5.74) is 0.554. The predicted molar refractivity (Wildman–Crippen MR) is 110 cm³/mol. The van der Waals surface area contributed by atoms with Crippen molar-refractivity contribution in [2.24, 2.45) is 0 Å². The number of rotatable bonds is 5. The number of carbonyl (C=O) groups is 1. The number of amides is 1. The van der Waals surface area contributed by atoms with Gasteiger partial charge in [0.25, 0.3) is 5.91 Å². The summed E-state index contributed by atoms with van der Waals surface area (Å²) in [4.78, 5) is 19.6. The Labute approximate surface area is 168 Å². The second kappa shape index (κ2) is 8.90. The smallest absolute Gasteiger partial charge is 0.254 e. The molecule has 3 rings (SSSR count). The molecule has 0 aromatic heterocycles. The first kappa shape index (κ1) is 21.2. The average Bonchev–Trinajstić information content (AvgIpc) is 2.70. The Balaban J connectivity index is 1.71. The highest BCUT2D eigenvalue weighted by atomic mass is 32.2. The quantitative estimate of drug-likeness (QED) is 0.732. The highest BCUT2D eigenvalue weighted by molar-refractivity contribution is 7.89. The lowest BCUT2D eigenvalue weighted by atomic mass is 10.0. The van der Waals surface area contributed by atoms with E-state index >= 15 is 0 Å². The van der Waals surface area contributed by atoms with Crippen LogP contribution in [0.2, 0.25) is 0 Å². The van der Waals surface area contributed by atoms with Crippen LogP contribution < -0.4 is 0 Å². The van der Waals surface area contributed by atoms with Crippen molar-refractivity contribution in [3.8, 4) is 0 Å². The Kier molecular flexibility index (Phi) is 6.75. The van der Waals surface area contributed by atoms with Crippen molar-refractivity contribution in [2.75, 3.05) is 59.9 Å². The Morgan fingerprint density at radius 2 is 1.50 bits per heavy atom. The Morgan fingerprint density at radius 1 is 0.964 bits per heavy atom. The van der Waals surface area contributed by atoms with E-state index in [1.807, 2.05) is 18.9 Å². The third-order valence-electron chi connectivity index (χ3n) is 5.93. The van der Waals surface area contributed by atoms with Gasteiger partial charge in [0.2, 0.25) is 10.0 Å². The van der Waals surface area contributed by atoms with Crippen LogP contribution in [0.5, 0.6) is 0 Å². The Morgan fingerprint density at radius 3 is 2.04 bits per heavy atom. The molecule has 1 aromatic carbocycles. The van der Waals surface area contributed by atoms with Crippen molar-refractivity contribution < 1.29 is 13.2 Å². The molecule has 2 fully saturated rings. The maximum Gasteiger partial charge on any atom is 0.254 e. The molecule has 156 valence electrons. The van der Waals surface area contributed by atoms with Gasteiger partial charge in [-0.2, -0.15) is 4.31 Å². The highest BCUT2D eigenvalue weighted by Crippen LogP contribution is 2.21. The van der Waals surface area contributed by atoms with Gasteiger partial charge in [-0.15, -0.1) is 0 Å². The molecule has 7 nitrogen and oxygen atoms in total. The number of nitrogens with zero attached hydrogens (tertiary/aromatic N) is 4. The van der Waals surface area contributed by atoms with Crippen LogP contribution in [0, 0.1) is 0 Å². The van der Waals surface area contributed by atoms with Crippen molar-refractivity contribution in [3.63, 3.8) is 0 Å². The van der Waals surface area contributed by atoms with E-state index in [0.717, 1.165) is 39.0 Å². The molecule has 28 heavy (non-hydrogen) atoms. The van der Waals surface area contributed by atoms with Crippen LogP contribution in [0.1, 0.15) is 30.1 Å². The van der Waals surface area contributed by atoms with E-state index in [-0.39, 0.29) is 16.8 Å². The SMILES string of the molecule is CCN(C(=O)c1ccc(S(=O)(=O)N2CCN(C)CC2)cc1)C1CCN(C)CC1. The fourth-order valence-corrected chi connectivity index (χ4v) is 5.41. The van der Waals surface area contributed by atoms with E-state index in [0.29, 0.717) is 25.2 Å². The van der Waals surface area contributed by atoms with Gasteiger partial charge in [0.1, 0.15) is 0 Å². The van der Waals surface area contributed by atoms with Gasteiger partial charge in [-0.05, 0) is 71.2 Å². The molecule has 2 aliphatic heterocycles. The molecule has 2 saturated heterocycles. The second-order valence-corrected chi connectivity index (χ2v) is 9.80. The van der Waals surface area contributed by atoms with Crippen molar-refractivity contribution >= 4 is 15.9 Å². The summed E-state index contributed by atoms with van der Waals surface area (Å²) in [5, 5.41) is 0. The van der Waals surface area contributed by atoms with Gasteiger partial charge < -0.3 is 14.7 Å². The summed E-state index contributed by atoms with van der Waals surface area (Å²) < 4.78 is 27.2. The molecule has 0 atom stereocenters. The van der Waals surface area contributed by atoms with Crippen LogP contribution in [0.4, 0.5) is 0 Å². The summed E-state index contributed by atoms with van der Waals surface area (Å²) in [7, 11) is 0.595. The minimum Gasteiger partial charge on any atom is -0.336 e. The number of piperazine rings is 1. The zero-order chi connectivity index (χ0) is 20.3. The number of piperidine rings is 1. The molecule has 0 N–H and O–H groups in total. The van der Waals surface area contributed by atoms with Gasteiger partial charge in [-0.25, -0.2) is 8.42 Å². The normalized spacial score (nSPS) is 21.0. The molecule has 2 aliphatic rings. The second-order valence-electron chi connectivity index (χ2n) is 7.86. The minimum absolute atomic E-state index is 0.0133. The zero-order valence-electron chi connectivity index (χ0n) is 17.2. The van der Waals surface area contributed by atoms with Crippen LogP contribution >= 0.6 is 0 Å². The molecule has 0 radical (unpaired) electrons. The van der Waals surface area contributed by atoms with E-state index in [9.17, 15) is 13.2 Å². The lowest BCUT2D eigenvalue weighted by Gasteiger charge is -2.37. The van der Waals surface area contributed by atoms with Gasteiger partial charge in [-0.3, -0.25) is 4.79 Å². The molecule has 0 aliphatic carbocycles. The Hall–Kier alpha value is -1.48. The standard InChI is InChI=1S/C20H32N4O3S/c1-4-24(18-9-11-21(2)12-10-18)20(25)17-5-7-19(8-6-17)28(26,27)23-15-13-22(3)14-16-23/h5-8,18H,4,9-16H2,1-3H3. The molecule has 1 amide bonds. The summed E-state index contributed by atoms with van der Waals surface area (Å²) >= 11 is 0. The monoisotopic (exact) mass is 408 g/mol. The van der Waals surface area contributed by atoms with Gasteiger partial charge in [0, 0.05) is 44.3 Å². The minimum atomic E-state index is -3.50. The average molecular weight is 409 g/mol. The first-order valence-electron chi connectivity index (χ1n) is 10.1. The van der Waals surface area contributed by atoms with Crippen molar-refractivity contribution in [1.82, 2.24) is 19.0 Å². The Bertz CT molecular complexity index is 765. The number of hydrogen-bond donors (Lipinski definition) is 0. The fourth-order valence-electron chi connectivity index (χ4n) is 3.99. The van der Waals surface area contributed by atoms with Gasteiger partial charge in [0.05, 0.1) is 4.90 Å². The maximum absolute atomic E-state index is 13.0. The molecule has 0 spiro atoms. The van der Waals surface area contributed by atoms with Gasteiger partial charge in [0.15, 0.2) is 0 Å². The number of sulfonamides is 1. The highest BCUT2D eigenvalue weighted by Gasteiger charge is 2.29. The molecule has 0 unspecified atom stereocenters. The fraction of sp³-hybridized carbons (Fsp3) is 0.650. The third kappa shape index (κ3) is 4.56. The number of carbonyl (C=O) groups excluding carboxylic acids is 1. The molecule has 1 aromatic rings.